The van der Waals surface area contributed by atoms with E-state index in [1.807, 2.05) is 24.3 Å². The van der Waals surface area contributed by atoms with Crippen molar-refractivity contribution < 1.29 is 9.59 Å². The van der Waals surface area contributed by atoms with E-state index in [1.54, 1.807) is 6.20 Å². The zero-order chi connectivity index (χ0) is 16.8. The minimum atomic E-state index is -0.672. The molecule has 1 aromatic carbocycles. The number of halogens is 2. The van der Waals surface area contributed by atoms with Crippen molar-refractivity contribution >= 4 is 37.1 Å². The van der Waals surface area contributed by atoms with E-state index in [0.717, 1.165) is 28.3 Å². The molecule has 2 amide bonds. The second-order valence-electron chi connectivity index (χ2n) is 5.00. The molecule has 136 valence electrons. The van der Waals surface area contributed by atoms with Gasteiger partial charge in [0.15, 0.2) is 0 Å². The van der Waals surface area contributed by atoms with Crippen molar-refractivity contribution in [3.63, 3.8) is 0 Å². The number of carbonyl (C=O) groups excluding carboxylic acids is 2. The Hall–Kier alpha value is -2.26. The molecule has 0 saturated heterocycles. The number of nitrogens with zero attached hydrogens (tertiary/aromatic N) is 3. The van der Waals surface area contributed by atoms with Crippen molar-refractivity contribution in [1.29, 1.82) is 0 Å². The van der Waals surface area contributed by atoms with Crippen LogP contribution < -0.4 is 17.3 Å². The number of amides is 2. The zero-order valence-corrected chi connectivity index (χ0v) is 14.9. The van der Waals surface area contributed by atoms with Gasteiger partial charge in [0.25, 0.3) is 5.91 Å². The number of hydrogen-bond acceptors (Lipinski definition) is 6. The molecule has 1 unspecified atom stereocenters. The Kier molecular flexibility index (Phi) is 9.62. The summed E-state index contributed by atoms with van der Waals surface area (Å²) in [7, 11) is 0. The molecule has 1 aromatic heterocycles. The van der Waals surface area contributed by atoms with Gasteiger partial charge >= 0.3 is 0 Å². The fourth-order valence-electron chi connectivity index (χ4n) is 2.00. The molecule has 0 fully saturated rings. The quantitative estimate of drug-likeness (QED) is 0.208. The van der Waals surface area contributed by atoms with Crippen molar-refractivity contribution in [2.24, 2.45) is 17.3 Å². The van der Waals surface area contributed by atoms with Gasteiger partial charge in [0, 0.05) is 6.20 Å². The van der Waals surface area contributed by atoms with Crippen LogP contribution in [0.1, 0.15) is 33.5 Å². The second kappa shape index (κ2) is 10.6. The number of rotatable bonds is 7. The topological polar surface area (TPSA) is 141 Å². The molecule has 6 N–H and O–H groups in total. The molecule has 0 radical (unpaired) electrons. The van der Waals surface area contributed by atoms with Crippen LogP contribution in [0.5, 0.6) is 0 Å². The lowest BCUT2D eigenvalue weighted by Crippen LogP contribution is -2.38. The maximum atomic E-state index is 10.9. The minimum absolute atomic E-state index is 0. The number of primary amides is 1. The lowest BCUT2D eigenvalue weighted by molar-refractivity contribution is -0.120. The van der Waals surface area contributed by atoms with Crippen LogP contribution in [0.4, 0.5) is 0 Å². The van der Waals surface area contributed by atoms with Crippen molar-refractivity contribution in [2.45, 2.75) is 19.0 Å². The summed E-state index contributed by atoms with van der Waals surface area (Å²) in [5.41, 5.74) is 13.7. The summed E-state index contributed by atoms with van der Waals surface area (Å²) in [5.74, 6) is 4.85. The van der Waals surface area contributed by atoms with E-state index >= 15 is 0 Å². The molecule has 1 atom stereocenters. The summed E-state index contributed by atoms with van der Waals surface area (Å²) < 4.78 is 0. The molecular formula is C15H20Cl2N6O2. The minimum Gasteiger partial charge on any atom is -0.364 e. The van der Waals surface area contributed by atoms with Gasteiger partial charge in [0.05, 0.1) is 11.9 Å². The van der Waals surface area contributed by atoms with Gasteiger partial charge < -0.3 is 11.5 Å². The van der Waals surface area contributed by atoms with Crippen LogP contribution in [0.25, 0.3) is 0 Å². The van der Waals surface area contributed by atoms with Gasteiger partial charge in [-0.15, -0.1) is 24.8 Å². The van der Waals surface area contributed by atoms with Gasteiger partial charge in [-0.3, -0.25) is 19.6 Å². The molecule has 0 spiro atoms. The summed E-state index contributed by atoms with van der Waals surface area (Å²) >= 11 is 0. The van der Waals surface area contributed by atoms with Crippen LogP contribution >= 0.6 is 24.8 Å². The Labute approximate surface area is 157 Å². The van der Waals surface area contributed by atoms with Crippen molar-refractivity contribution in [3.05, 3.63) is 59.2 Å². The van der Waals surface area contributed by atoms with Crippen LogP contribution in [0.3, 0.4) is 0 Å². The maximum Gasteiger partial charge on any atom is 0.268 e. The highest BCUT2D eigenvalue weighted by atomic mass is 35.5. The Balaban J connectivity index is 0.00000288. The van der Waals surface area contributed by atoms with Gasteiger partial charge in [0.1, 0.15) is 11.9 Å². The average Bonchev–Trinajstić information content (AvgIpc) is 2.59. The molecule has 10 heteroatoms. The van der Waals surface area contributed by atoms with Crippen LogP contribution in [0.15, 0.2) is 36.7 Å². The van der Waals surface area contributed by atoms with E-state index in [9.17, 15) is 9.59 Å². The predicted octanol–water partition coefficient (Wildman–Crippen LogP) is 0.494. The average molecular weight is 387 g/mol. The molecule has 2 aromatic rings. The SMILES string of the molecule is Cl.Cl.NC(=O)c1cnc(CCc2ccc(C(N)N(N)C=O)cc2)cn1. The molecule has 1 heterocycles. The normalized spacial score (nSPS) is 10.8. The van der Waals surface area contributed by atoms with Crippen LogP contribution in [-0.2, 0) is 17.6 Å². The first-order valence-electron chi connectivity index (χ1n) is 6.94. The summed E-state index contributed by atoms with van der Waals surface area (Å²) in [6, 6.07) is 7.48. The smallest absolute Gasteiger partial charge is 0.268 e. The van der Waals surface area contributed by atoms with Gasteiger partial charge in [0.2, 0.25) is 6.41 Å². The predicted molar refractivity (Wildman–Crippen MR) is 97.9 cm³/mol. The maximum absolute atomic E-state index is 10.9. The summed E-state index contributed by atoms with van der Waals surface area (Å²) in [5, 5.41) is 0.908. The monoisotopic (exact) mass is 386 g/mol. The van der Waals surface area contributed by atoms with Gasteiger partial charge in [-0.2, -0.15) is 0 Å². The first-order valence-corrected chi connectivity index (χ1v) is 6.94. The van der Waals surface area contributed by atoms with Gasteiger partial charge in [-0.25, -0.2) is 10.8 Å². The molecule has 0 aliphatic rings. The number of nitrogens with two attached hydrogens (primary N) is 3. The third-order valence-electron chi connectivity index (χ3n) is 3.39. The third-order valence-corrected chi connectivity index (χ3v) is 3.39. The fraction of sp³-hybridized carbons (Fsp3) is 0.200. The van der Waals surface area contributed by atoms with E-state index in [1.165, 1.54) is 6.20 Å². The lowest BCUT2D eigenvalue weighted by Gasteiger charge is -2.19. The lowest BCUT2D eigenvalue weighted by atomic mass is 10.0. The molecular weight excluding hydrogens is 367 g/mol. The van der Waals surface area contributed by atoms with E-state index in [0.29, 0.717) is 12.8 Å². The molecule has 0 saturated carbocycles. The Morgan fingerprint density at radius 2 is 1.76 bits per heavy atom. The highest BCUT2D eigenvalue weighted by Crippen LogP contribution is 2.14. The van der Waals surface area contributed by atoms with Crippen LogP contribution in [-0.4, -0.2) is 27.3 Å². The molecule has 2 rings (SSSR count). The first kappa shape index (κ1) is 22.7. The number of benzene rings is 1. The molecule has 8 nitrogen and oxygen atoms in total. The summed E-state index contributed by atoms with van der Waals surface area (Å²) in [6.07, 6.45) is 4.14. The third kappa shape index (κ3) is 6.28. The Morgan fingerprint density at radius 3 is 2.24 bits per heavy atom. The summed E-state index contributed by atoms with van der Waals surface area (Å²) in [4.78, 5) is 29.6. The molecule has 0 aliphatic carbocycles. The first-order chi connectivity index (χ1) is 11.0. The number of carbonyl (C=O) groups is 2. The Bertz CT molecular complexity index is 681. The van der Waals surface area contributed by atoms with Gasteiger partial charge in [-0.05, 0) is 24.0 Å². The Morgan fingerprint density at radius 1 is 1.12 bits per heavy atom. The summed E-state index contributed by atoms with van der Waals surface area (Å²) in [6.45, 7) is 0. The van der Waals surface area contributed by atoms with E-state index in [4.69, 9.17) is 17.3 Å². The second-order valence-corrected chi connectivity index (χ2v) is 5.00. The van der Waals surface area contributed by atoms with E-state index < -0.39 is 12.1 Å². The van der Waals surface area contributed by atoms with Crippen LogP contribution in [0.2, 0.25) is 0 Å². The number of hydrazine groups is 1. The van der Waals surface area contributed by atoms with Gasteiger partial charge in [-0.1, -0.05) is 24.3 Å². The number of hydrogen-bond donors (Lipinski definition) is 3. The van der Waals surface area contributed by atoms with E-state index in [-0.39, 0.29) is 30.5 Å². The molecule has 0 bridgehead atoms. The largest absolute Gasteiger partial charge is 0.364 e. The molecule has 25 heavy (non-hydrogen) atoms. The fourth-order valence-corrected chi connectivity index (χ4v) is 2.00. The number of aromatic nitrogens is 2. The van der Waals surface area contributed by atoms with Crippen molar-refractivity contribution in [1.82, 2.24) is 15.0 Å². The highest BCUT2D eigenvalue weighted by Gasteiger charge is 2.10. The standard InChI is InChI=1S/C15H18N6O2.2ClH/c16-14(21(18)9-22)11-4-1-10(2-5-11)3-6-12-7-20-13(8-19-12)15(17)23;;/h1-2,4-5,7-9,14H,3,6,16,18H2,(H2,17,23);2*1H. The number of aryl methyl sites for hydroxylation is 2. The highest BCUT2D eigenvalue weighted by molar-refractivity contribution is 5.90. The van der Waals surface area contributed by atoms with Crippen molar-refractivity contribution in [3.8, 4) is 0 Å². The van der Waals surface area contributed by atoms with Crippen LogP contribution in [0, 0.1) is 0 Å². The van der Waals surface area contributed by atoms with E-state index in [2.05, 4.69) is 9.97 Å². The van der Waals surface area contributed by atoms with Crippen molar-refractivity contribution in [2.75, 3.05) is 0 Å². The zero-order valence-electron chi connectivity index (χ0n) is 13.2. The molecule has 0 aliphatic heterocycles.